The van der Waals surface area contributed by atoms with E-state index in [0.717, 1.165) is 35.3 Å². The second-order valence-corrected chi connectivity index (χ2v) is 7.75. The number of ether oxygens (including phenoxy) is 1. The summed E-state index contributed by atoms with van der Waals surface area (Å²) in [5, 5.41) is 5.25. The molecular weight excluding hydrogens is 358 g/mol. The lowest BCUT2D eigenvalue weighted by Crippen LogP contribution is -2.40. The molecule has 0 N–H and O–H groups in total. The Kier molecular flexibility index (Phi) is 5.05. The smallest absolute Gasteiger partial charge is 0.254 e. The number of amides is 2. The molecule has 2 amide bonds. The van der Waals surface area contributed by atoms with Gasteiger partial charge in [0.25, 0.3) is 5.91 Å². The van der Waals surface area contributed by atoms with Crippen LogP contribution in [-0.2, 0) is 16.6 Å². The van der Waals surface area contributed by atoms with E-state index in [0.29, 0.717) is 45.0 Å². The van der Waals surface area contributed by atoms with Crippen molar-refractivity contribution in [1.29, 1.82) is 0 Å². The molecule has 2 aromatic rings. The van der Waals surface area contributed by atoms with E-state index in [-0.39, 0.29) is 17.7 Å². The molecule has 0 aliphatic carbocycles. The van der Waals surface area contributed by atoms with E-state index < -0.39 is 0 Å². The largest absolute Gasteiger partial charge is 0.381 e. The van der Waals surface area contributed by atoms with Crippen molar-refractivity contribution in [2.24, 2.45) is 13.0 Å². The summed E-state index contributed by atoms with van der Waals surface area (Å²) in [6.45, 7) is 7.43. The average molecular weight is 385 g/mol. The molecule has 1 atom stereocenters. The lowest BCUT2D eigenvalue weighted by atomic mass is 10.1. The van der Waals surface area contributed by atoms with E-state index >= 15 is 0 Å². The molecule has 2 aliphatic heterocycles. The molecule has 0 radical (unpaired) electrons. The van der Waals surface area contributed by atoms with Crippen LogP contribution in [0.1, 0.15) is 34.6 Å². The van der Waals surface area contributed by atoms with E-state index in [1.165, 1.54) is 0 Å². The fraction of sp³-hybridized carbons (Fsp3) is 0.600. The Morgan fingerprint density at radius 1 is 1.14 bits per heavy atom. The number of nitrogens with zero attached hydrogens (tertiary/aromatic N) is 5. The van der Waals surface area contributed by atoms with E-state index in [1.54, 1.807) is 4.68 Å². The van der Waals surface area contributed by atoms with E-state index in [1.807, 2.05) is 36.8 Å². The first-order valence-corrected chi connectivity index (χ1v) is 9.92. The minimum absolute atomic E-state index is 0.00917. The third-order valence-corrected chi connectivity index (χ3v) is 5.70. The zero-order valence-corrected chi connectivity index (χ0v) is 16.8. The van der Waals surface area contributed by atoms with E-state index in [9.17, 15) is 9.59 Å². The predicted molar refractivity (Wildman–Crippen MR) is 104 cm³/mol. The number of aromatic nitrogens is 3. The highest BCUT2D eigenvalue weighted by Gasteiger charge is 2.30. The number of rotatable bonds is 2. The minimum Gasteiger partial charge on any atom is -0.381 e. The lowest BCUT2D eigenvalue weighted by Gasteiger charge is -2.24. The second-order valence-electron chi connectivity index (χ2n) is 7.75. The van der Waals surface area contributed by atoms with E-state index in [2.05, 4.69) is 10.1 Å². The van der Waals surface area contributed by atoms with Gasteiger partial charge in [-0.15, -0.1) is 0 Å². The summed E-state index contributed by atoms with van der Waals surface area (Å²) in [6.07, 6.45) is 1.58. The normalized spacial score (nSPS) is 20.6. The van der Waals surface area contributed by atoms with Gasteiger partial charge in [-0.1, -0.05) is 0 Å². The number of fused-ring (bicyclic) bond motifs is 1. The second kappa shape index (κ2) is 7.50. The van der Waals surface area contributed by atoms with Crippen LogP contribution in [0.3, 0.4) is 0 Å². The Morgan fingerprint density at radius 3 is 2.64 bits per heavy atom. The molecule has 8 heteroatoms. The fourth-order valence-corrected chi connectivity index (χ4v) is 4.24. The van der Waals surface area contributed by atoms with Crippen LogP contribution in [-0.4, -0.2) is 75.8 Å². The molecule has 2 saturated heterocycles. The zero-order valence-electron chi connectivity index (χ0n) is 16.8. The fourth-order valence-electron chi connectivity index (χ4n) is 4.24. The Bertz CT molecular complexity index is 916. The van der Waals surface area contributed by atoms with Gasteiger partial charge in [-0.25, -0.2) is 4.98 Å². The zero-order chi connectivity index (χ0) is 19.8. The third kappa shape index (κ3) is 3.37. The van der Waals surface area contributed by atoms with Gasteiger partial charge in [0.05, 0.1) is 29.2 Å². The van der Waals surface area contributed by atoms with Crippen molar-refractivity contribution in [1.82, 2.24) is 24.6 Å². The molecule has 1 unspecified atom stereocenters. The van der Waals surface area contributed by atoms with Crippen molar-refractivity contribution in [2.45, 2.75) is 26.7 Å². The summed E-state index contributed by atoms with van der Waals surface area (Å²) in [5.41, 5.74) is 2.98. The topological polar surface area (TPSA) is 80.6 Å². The number of aryl methyl sites for hydroxylation is 3. The molecule has 0 spiro atoms. The predicted octanol–water partition coefficient (Wildman–Crippen LogP) is 1.30. The van der Waals surface area contributed by atoms with Crippen LogP contribution in [0.15, 0.2) is 6.07 Å². The summed E-state index contributed by atoms with van der Waals surface area (Å²) < 4.78 is 7.08. The highest BCUT2D eigenvalue weighted by Crippen LogP contribution is 2.24. The Labute approximate surface area is 164 Å². The van der Waals surface area contributed by atoms with Crippen molar-refractivity contribution >= 4 is 22.8 Å². The summed E-state index contributed by atoms with van der Waals surface area (Å²) >= 11 is 0. The molecule has 0 bridgehead atoms. The quantitative estimate of drug-likeness (QED) is 0.778. The van der Waals surface area contributed by atoms with Crippen molar-refractivity contribution in [2.75, 3.05) is 39.4 Å². The monoisotopic (exact) mass is 385 g/mol. The molecule has 2 aromatic heterocycles. The lowest BCUT2D eigenvalue weighted by molar-refractivity contribution is -0.135. The molecule has 150 valence electrons. The maximum absolute atomic E-state index is 13.4. The number of carbonyl (C=O) groups is 2. The van der Waals surface area contributed by atoms with Crippen LogP contribution in [0.2, 0.25) is 0 Å². The third-order valence-electron chi connectivity index (χ3n) is 5.70. The summed E-state index contributed by atoms with van der Waals surface area (Å²) in [6, 6.07) is 1.85. The first-order chi connectivity index (χ1) is 13.5. The first-order valence-electron chi connectivity index (χ1n) is 9.92. The van der Waals surface area contributed by atoms with Gasteiger partial charge in [-0.05, 0) is 32.8 Å². The molecule has 2 fully saturated rings. The van der Waals surface area contributed by atoms with Gasteiger partial charge in [0.2, 0.25) is 5.91 Å². The molecule has 28 heavy (non-hydrogen) atoms. The summed E-state index contributed by atoms with van der Waals surface area (Å²) in [7, 11) is 1.85. The average Bonchev–Trinajstić information content (AvgIpc) is 3.22. The molecule has 0 saturated carbocycles. The van der Waals surface area contributed by atoms with Gasteiger partial charge in [0.1, 0.15) is 0 Å². The highest BCUT2D eigenvalue weighted by molar-refractivity contribution is 6.06. The van der Waals surface area contributed by atoms with Gasteiger partial charge < -0.3 is 14.5 Å². The van der Waals surface area contributed by atoms with Crippen LogP contribution in [0.25, 0.3) is 11.0 Å². The van der Waals surface area contributed by atoms with Crippen LogP contribution in [0.5, 0.6) is 0 Å². The molecular formula is C20H27N5O3. The molecule has 8 nitrogen and oxygen atoms in total. The van der Waals surface area contributed by atoms with Crippen LogP contribution >= 0.6 is 0 Å². The van der Waals surface area contributed by atoms with Crippen LogP contribution < -0.4 is 0 Å². The number of carbonyl (C=O) groups excluding carboxylic acids is 2. The van der Waals surface area contributed by atoms with Crippen LogP contribution in [0.4, 0.5) is 0 Å². The summed E-state index contributed by atoms with van der Waals surface area (Å²) in [4.78, 5) is 34.3. The maximum atomic E-state index is 13.4. The maximum Gasteiger partial charge on any atom is 0.254 e. The number of pyridine rings is 1. The molecule has 4 rings (SSSR count). The Hall–Kier alpha value is -2.48. The Balaban J connectivity index is 1.54. The van der Waals surface area contributed by atoms with Gasteiger partial charge in [-0.3, -0.25) is 14.3 Å². The number of hydrogen-bond donors (Lipinski definition) is 0. The van der Waals surface area contributed by atoms with Gasteiger partial charge in [-0.2, -0.15) is 5.10 Å². The molecule has 4 heterocycles. The van der Waals surface area contributed by atoms with Gasteiger partial charge >= 0.3 is 0 Å². The SMILES string of the molecule is Cc1cc(C(=O)N2CCCN(C(=O)C3CCOC3)CC2)c2c(C)nn(C)c2n1. The van der Waals surface area contributed by atoms with Crippen molar-refractivity contribution < 1.29 is 14.3 Å². The van der Waals surface area contributed by atoms with E-state index in [4.69, 9.17) is 4.74 Å². The first kappa shape index (κ1) is 18.9. The summed E-state index contributed by atoms with van der Waals surface area (Å²) in [5.74, 6) is 0.130. The Morgan fingerprint density at radius 2 is 1.89 bits per heavy atom. The molecule has 0 aromatic carbocycles. The van der Waals surface area contributed by atoms with Gasteiger partial charge in [0, 0.05) is 45.5 Å². The van der Waals surface area contributed by atoms with Crippen molar-refractivity contribution in [3.63, 3.8) is 0 Å². The van der Waals surface area contributed by atoms with Crippen molar-refractivity contribution in [3.05, 3.63) is 23.0 Å². The minimum atomic E-state index is -0.0252. The highest BCUT2D eigenvalue weighted by atomic mass is 16.5. The van der Waals surface area contributed by atoms with Crippen LogP contribution in [0, 0.1) is 19.8 Å². The van der Waals surface area contributed by atoms with Crippen molar-refractivity contribution in [3.8, 4) is 0 Å². The standard InChI is InChI=1S/C20H27N5O3/c1-13-11-16(17-14(2)22-23(3)18(17)21-13)20(27)25-7-4-6-24(8-9-25)19(26)15-5-10-28-12-15/h11,15H,4-10,12H2,1-3H3. The molecule has 2 aliphatic rings. The number of hydrogen-bond acceptors (Lipinski definition) is 5. The van der Waals surface area contributed by atoms with Gasteiger partial charge in [0.15, 0.2) is 5.65 Å².